The van der Waals surface area contributed by atoms with Crippen LogP contribution in [-0.4, -0.2) is 29.9 Å². The quantitative estimate of drug-likeness (QED) is 0.208. The maximum absolute atomic E-state index is 11.7. The van der Waals surface area contributed by atoms with Gasteiger partial charge in [0, 0.05) is 81.1 Å². The number of pyridine rings is 4. The summed E-state index contributed by atoms with van der Waals surface area (Å²) in [4.78, 5) is 18.2. The average Bonchev–Trinajstić information content (AvgIpc) is 3.01. The molecule has 5 rings (SSSR count). The Morgan fingerprint density at radius 3 is 1.55 bits per heavy atom. The molecule has 0 saturated heterocycles. The highest BCUT2D eigenvalue weighted by atomic mass is 16.3. The first-order valence-corrected chi connectivity index (χ1v) is 14.2. The van der Waals surface area contributed by atoms with E-state index in [2.05, 4.69) is 54.7 Å². The maximum Gasteiger partial charge on any atom is 0.195 e. The van der Waals surface area contributed by atoms with Gasteiger partial charge in [-0.3, -0.25) is 24.8 Å². The lowest BCUT2D eigenvalue weighted by molar-refractivity contribution is -0.680. The molecule has 5 aromatic rings. The predicted molar refractivity (Wildman–Crippen MR) is 162 cm³/mol. The molecule has 0 bridgehead atoms. The third-order valence-electron chi connectivity index (χ3n) is 7.23. The summed E-state index contributed by atoms with van der Waals surface area (Å²) in [5.41, 5.74) is 12.9. The fourth-order valence-electron chi connectivity index (χ4n) is 5.12. The van der Waals surface area contributed by atoms with Gasteiger partial charge < -0.3 is 10.8 Å². The monoisotopic (exact) mass is 560 g/mol. The maximum atomic E-state index is 11.7. The van der Waals surface area contributed by atoms with Crippen molar-refractivity contribution in [3.8, 4) is 5.75 Å². The molecule has 3 N–H and O–H groups in total. The zero-order chi connectivity index (χ0) is 29.1. The number of aromatic nitrogens is 4. The molecular formula is C34H38N7O+. The minimum atomic E-state index is 0.294. The topological polar surface area (TPSA) is 95.3 Å². The molecule has 0 radical (unpaired) electrons. The minimum Gasteiger partial charge on any atom is -0.507 e. The zero-order valence-electron chi connectivity index (χ0n) is 24.0. The van der Waals surface area contributed by atoms with Crippen LogP contribution in [-0.2, 0) is 52.9 Å². The summed E-state index contributed by atoms with van der Waals surface area (Å²) in [6.45, 7) is 4.02. The number of phenols is 1. The Morgan fingerprint density at radius 1 is 0.643 bits per heavy atom. The van der Waals surface area contributed by atoms with Crippen molar-refractivity contribution in [3.63, 3.8) is 0 Å². The van der Waals surface area contributed by atoms with Gasteiger partial charge in [0.25, 0.3) is 0 Å². The van der Waals surface area contributed by atoms with Crippen molar-refractivity contribution in [2.75, 3.05) is 0 Å². The number of hydrogen-bond acceptors (Lipinski definition) is 7. The van der Waals surface area contributed by atoms with Crippen molar-refractivity contribution in [2.45, 2.75) is 45.8 Å². The molecule has 0 amide bonds. The zero-order valence-corrected chi connectivity index (χ0v) is 24.0. The van der Waals surface area contributed by atoms with Crippen LogP contribution in [0.3, 0.4) is 0 Å². The fraction of sp³-hybridized carbons (Fsp3) is 0.235. The van der Waals surface area contributed by atoms with Crippen molar-refractivity contribution in [3.05, 3.63) is 149 Å². The van der Waals surface area contributed by atoms with E-state index in [0.29, 0.717) is 51.6 Å². The van der Waals surface area contributed by atoms with Crippen molar-refractivity contribution in [1.29, 1.82) is 0 Å². The third kappa shape index (κ3) is 8.04. The normalized spacial score (nSPS) is 11.3. The van der Waals surface area contributed by atoms with Crippen LogP contribution in [0.15, 0.2) is 110 Å². The molecule has 0 aliphatic heterocycles. The molecule has 0 spiro atoms. The van der Waals surface area contributed by atoms with E-state index in [0.717, 1.165) is 33.8 Å². The molecule has 8 nitrogen and oxygen atoms in total. The van der Waals surface area contributed by atoms with Crippen molar-refractivity contribution in [2.24, 2.45) is 12.8 Å². The van der Waals surface area contributed by atoms with E-state index in [1.165, 1.54) is 5.69 Å². The Hall–Kier alpha value is -4.50. The lowest BCUT2D eigenvalue weighted by Crippen LogP contribution is -2.37. The number of nitrogens with two attached hydrogens (primary N) is 1. The summed E-state index contributed by atoms with van der Waals surface area (Å²) in [6, 6.07) is 28.1. The fourth-order valence-corrected chi connectivity index (χ4v) is 5.12. The van der Waals surface area contributed by atoms with Gasteiger partial charge in [0.15, 0.2) is 11.9 Å². The Balaban J connectivity index is 1.44. The van der Waals surface area contributed by atoms with Gasteiger partial charge in [0.1, 0.15) is 12.8 Å². The lowest BCUT2D eigenvalue weighted by Gasteiger charge is -2.25. The number of aromatic hydroxyl groups is 1. The van der Waals surface area contributed by atoms with E-state index in [1.807, 2.05) is 91.4 Å². The van der Waals surface area contributed by atoms with Crippen LogP contribution in [0.4, 0.5) is 0 Å². The van der Waals surface area contributed by atoms with Gasteiger partial charge in [-0.1, -0.05) is 24.3 Å². The van der Waals surface area contributed by atoms with Gasteiger partial charge >= 0.3 is 0 Å². The highest BCUT2D eigenvalue weighted by Gasteiger charge is 2.20. The molecule has 0 fully saturated rings. The number of rotatable bonds is 13. The summed E-state index contributed by atoms with van der Waals surface area (Å²) >= 11 is 0. The summed E-state index contributed by atoms with van der Waals surface area (Å²) in [6.07, 6.45) is 7.48. The molecule has 1 aromatic carbocycles. The largest absolute Gasteiger partial charge is 0.507 e. The molecule has 4 aromatic heterocycles. The molecule has 0 saturated carbocycles. The van der Waals surface area contributed by atoms with E-state index in [-0.39, 0.29) is 0 Å². The molecule has 0 aliphatic carbocycles. The number of benzene rings is 1. The van der Waals surface area contributed by atoms with Crippen LogP contribution < -0.4 is 10.3 Å². The number of aryl methyl sites for hydroxylation is 1. The summed E-state index contributed by atoms with van der Waals surface area (Å²) < 4.78 is 2.13. The summed E-state index contributed by atoms with van der Waals surface area (Å²) in [7, 11) is 2.05. The van der Waals surface area contributed by atoms with Gasteiger partial charge in [0.05, 0.1) is 23.6 Å². The predicted octanol–water partition coefficient (Wildman–Crippen LogP) is 4.27. The van der Waals surface area contributed by atoms with Gasteiger partial charge in [-0.05, 0) is 54.1 Å². The highest BCUT2D eigenvalue weighted by molar-refractivity contribution is 5.44. The van der Waals surface area contributed by atoms with Crippen molar-refractivity contribution in [1.82, 2.24) is 24.8 Å². The molecule has 214 valence electrons. The van der Waals surface area contributed by atoms with Gasteiger partial charge in [-0.15, -0.1) is 0 Å². The number of hydrogen-bond donors (Lipinski definition) is 2. The van der Waals surface area contributed by atoms with E-state index in [4.69, 9.17) is 5.73 Å². The molecule has 8 heteroatoms. The Labute approximate surface area is 247 Å². The van der Waals surface area contributed by atoms with Gasteiger partial charge in [-0.25, -0.2) is 4.57 Å². The molecular weight excluding hydrogens is 522 g/mol. The second-order valence-corrected chi connectivity index (χ2v) is 10.5. The van der Waals surface area contributed by atoms with Crippen LogP contribution in [0, 0.1) is 0 Å². The van der Waals surface area contributed by atoms with Crippen LogP contribution in [0.1, 0.15) is 39.5 Å². The number of phenolic OH excluding ortho intramolecular Hbond substituents is 1. The van der Waals surface area contributed by atoms with Crippen LogP contribution in [0.25, 0.3) is 0 Å². The highest BCUT2D eigenvalue weighted by Crippen LogP contribution is 2.29. The third-order valence-corrected chi connectivity index (χ3v) is 7.23. The second kappa shape index (κ2) is 14.4. The lowest BCUT2D eigenvalue weighted by atomic mass is 10.0. The summed E-state index contributed by atoms with van der Waals surface area (Å²) in [5.74, 6) is 0.294. The smallest absolute Gasteiger partial charge is 0.195 e. The first-order valence-electron chi connectivity index (χ1n) is 14.2. The van der Waals surface area contributed by atoms with Gasteiger partial charge in [-0.2, -0.15) is 0 Å². The van der Waals surface area contributed by atoms with Crippen LogP contribution in [0.2, 0.25) is 0 Å². The first-order chi connectivity index (χ1) is 20.6. The van der Waals surface area contributed by atoms with E-state index < -0.39 is 0 Å². The minimum absolute atomic E-state index is 0.294. The van der Waals surface area contributed by atoms with Crippen LogP contribution >= 0.6 is 0 Å². The molecule has 42 heavy (non-hydrogen) atoms. The van der Waals surface area contributed by atoms with Crippen LogP contribution in [0.5, 0.6) is 5.75 Å². The molecule has 4 heterocycles. The Bertz CT molecular complexity index is 1510. The van der Waals surface area contributed by atoms with Crippen molar-refractivity contribution >= 4 is 0 Å². The molecule has 0 aliphatic rings. The first kappa shape index (κ1) is 29.0. The summed E-state index contributed by atoms with van der Waals surface area (Å²) in [5, 5.41) is 11.7. The van der Waals surface area contributed by atoms with E-state index >= 15 is 0 Å². The SMILES string of the molecule is C[n+]1ccccc1CN(Cc1ccccn1)Cc1cc(CN)cc(CN(Cc2ccccn2)Cc2ccccn2)c1O. The average molecular weight is 561 g/mol. The number of nitrogens with zero attached hydrogens (tertiary/aromatic N) is 6. The standard InChI is InChI=1S/C34H37N7O/c1-39-17-9-5-13-33(39)26-41(25-32-12-4-8-16-38-32)22-29-19-27(20-35)18-28(34(29)42)21-40(23-30-10-2-6-14-36-30)24-31-11-3-7-15-37-31/h2-19H,20-26,35H2,1H3/p+1. The second-order valence-electron chi connectivity index (χ2n) is 10.5. The Morgan fingerprint density at radius 2 is 1.12 bits per heavy atom. The van der Waals surface area contributed by atoms with E-state index in [9.17, 15) is 5.11 Å². The Kier molecular flexibility index (Phi) is 9.95. The van der Waals surface area contributed by atoms with Gasteiger partial charge in [0.2, 0.25) is 0 Å². The van der Waals surface area contributed by atoms with E-state index in [1.54, 1.807) is 0 Å². The molecule has 0 unspecified atom stereocenters. The molecule has 0 atom stereocenters. The van der Waals surface area contributed by atoms with Crippen molar-refractivity contribution < 1.29 is 9.67 Å².